The van der Waals surface area contributed by atoms with E-state index in [0.29, 0.717) is 6.04 Å². The monoisotopic (exact) mass is 504 g/mol. The first-order valence-corrected chi connectivity index (χ1v) is 10.0. The highest BCUT2D eigenvalue weighted by Gasteiger charge is 2.32. The minimum atomic E-state index is 0. The molecule has 0 amide bonds. The summed E-state index contributed by atoms with van der Waals surface area (Å²) in [5, 5.41) is 4.46. The predicted octanol–water partition coefficient (Wildman–Crippen LogP) is 1.66. The van der Waals surface area contributed by atoms with Gasteiger partial charge in [-0.3, -0.25) is 14.8 Å². The molecule has 0 spiro atoms. The minimum Gasteiger partial charge on any atom is -0.367 e. The molecular formula is C19H30ClIN6. The normalized spacial score (nSPS) is 28.1. The molecule has 1 aromatic rings. The van der Waals surface area contributed by atoms with Crippen LogP contribution in [0.5, 0.6) is 0 Å². The third kappa shape index (κ3) is 4.81. The Balaban J connectivity index is 0.00000210. The molecule has 0 aromatic heterocycles. The lowest BCUT2D eigenvalue weighted by atomic mass is 10.1. The number of nitrogens with one attached hydrogen (secondary N) is 1. The molecule has 5 rings (SSSR count). The average Bonchev–Trinajstić information content (AvgIpc) is 2.70. The van der Waals surface area contributed by atoms with E-state index in [9.17, 15) is 0 Å². The Kier molecular flexibility index (Phi) is 7.47. The van der Waals surface area contributed by atoms with Crippen molar-refractivity contribution in [2.24, 2.45) is 4.99 Å². The van der Waals surface area contributed by atoms with Crippen LogP contribution in [-0.4, -0.2) is 99.2 Å². The Labute approximate surface area is 184 Å². The van der Waals surface area contributed by atoms with Crippen molar-refractivity contribution in [1.29, 1.82) is 0 Å². The van der Waals surface area contributed by atoms with Crippen molar-refractivity contribution in [3.05, 3.63) is 29.3 Å². The maximum Gasteiger partial charge on any atom is 0.193 e. The summed E-state index contributed by atoms with van der Waals surface area (Å²) in [6.45, 7) is 10.9. The summed E-state index contributed by atoms with van der Waals surface area (Å²) < 4.78 is 0. The molecule has 2 bridgehead atoms. The topological polar surface area (TPSA) is 37.4 Å². The van der Waals surface area contributed by atoms with Gasteiger partial charge in [-0.15, -0.1) is 24.0 Å². The van der Waals surface area contributed by atoms with Crippen LogP contribution in [0.1, 0.15) is 0 Å². The third-order valence-electron chi connectivity index (χ3n) is 5.87. The van der Waals surface area contributed by atoms with Gasteiger partial charge < -0.3 is 15.1 Å². The number of guanidine groups is 1. The third-order valence-corrected chi connectivity index (χ3v) is 6.19. The number of aliphatic imine (C=N–C) groups is 1. The smallest absolute Gasteiger partial charge is 0.193 e. The van der Waals surface area contributed by atoms with E-state index in [4.69, 9.17) is 11.6 Å². The number of fused-ring (bicyclic) bond motifs is 3. The molecule has 6 nitrogen and oxygen atoms in total. The van der Waals surface area contributed by atoms with Crippen molar-refractivity contribution in [1.82, 2.24) is 20.0 Å². The summed E-state index contributed by atoms with van der Waals surface area (Å²) in [6, 6.07) is 8.72. The van der Waals surface area contributed by atoms with Crippen LogP contribution in [0.3, 0.4) is 0 Å². The van der Waals surface area contributed by atoms with Crippen LogP contribution in [-0.2, 0) is 0 Å². The van der Waals surface area contributed by atoms with Gasteiger partial charge in [0, 0.05) is 78.5 Å². The quantitative estimate of drug-likeness (QED) is 0.385. The summed E-state index contributed by atoms with van der Waals surface area (Å²) in [4.78, 5) is 14.5. The largest absolute Gasteiger partial charge is 0.367 e. The molecule has 1 N–H and O–H groups in total. The summed E-state index contributed by atoms with van der Waals surface area (Å²) in [5.41, 5.74) is 1.14. The molecular weight excluding hydrogens is 475 g/mol. The number of halogens is 2. The van der Waals surface area contributed by atoms with Crippen LogP contribution in [0.4, 0.5) is 5.69 Å². The number of para-hydroxylation sites is 1. The van der Waals surface area contributed by atoms with Gasteiger partial charge in [-0.25, -0.2) is 0 Å². The lowest BCUT2D eigenvalue weighted by Crippen LogP contribution is -2.64. The molecule has 4 aliphatic heterocycles. The van der Waals surface area contributed by atoms with Gasteiger partial charge in [0.2, 0.25) is 0 Å². The number of hydrogen-bond donors (Lipinski definition) is 1. The van der Waals surface area contributed by atoms with E-state index in [2.05, 4.69) is 42.0 Å². The van der Waals surface area contributed by atoms with E-state index in [-0.39, 0.29) is 24.0 Å². The first-order valence-electron chi connectivity index (χ1n) is 9.66. The minimum absolute atomic E-state index is 0. The summed E-state index contributed by atoms with van der Waals surface area (Å²) in [5.74, 6) is 1.03. The van der Waals surface area contributed by atoms with E-state index >= 15 is 0 Å². The lowest BCUT2D eigenvalue weighted by molar-refractivity contribution is 0.0152. The molecule has 4 aliphatic rings. The lowest BCUT2D eigenvalue weighted by Gasteiger charge is -2.48. The van der Waals surface area contributed by atoms with Gasteiger partial charge in [-0.2, -0.15) is 0 Å². The molecule has 0 saturated carbocycles. The second kappa shape index (κ2) is 9.62. The van der Waals surface area contributed by atoms with Gasteiger partial charge in [0.15, 0.2) is 5.96 Å². The SMILES string of the molecule is CN=C(NCC1CN2CCN1CC2)N1CCN(c2ccccc2Cl)CC1.I. The van der Waals surface area contributed by atoms with Gasteiger partial charge >= 0.3 is 0 Å². The molecule has 27 heavy (non-hydrogen) atoms. The molecule has 4 fully saturated rings. The van der Waals surface area contributed by atoms with E-state index in [1.165, 1.54) is 32.7 Å². The van der Waals surface area contributed by atoms with E-state index < -0.39 is 0 Å². The number of nitrogens with zero attached hydrogens (tertiary/aromatic N) is 5. The van der Waals surface area contributed by atoms with Crippen LogP contribution in [0.2, 0.25) is 5.02 Å². The molecule has 4 heterocycles. The average molecular weight is 505 g/mol. The van der Waals surface area contributed by atoms with E-state index in [0.717, 1.165) is 49.4 Å². The molecule has 8 heteroatoms. The number of anilines is 1. The fourth-order valence-corrected chi connectivity index (χ4v) is 4.58. The standard InChI is InChI=1S/C19H29ClN6.HI/c1-21-19(22-14-16-15-23-6-8-24(16)9-7-23)26-12-10-25(11-13-26)18-5-3-2-4-17(18)20;/h2-5,16H,6-15H2,1H3,(H,21,22);1H. The zero-order valence-corrected chi connectivity index (χ0v) is 19.1. The molecule has 1 atom stereocenters. The molecule has 4 saturated heterocycles. The van der Waals surface area contributed by atoms with Gasteiger partial charge in [0.25, 0.3) is 0 Å². The van der Waals surface area contributed by atoms with E-state index in [1.54, 1.807) is 0 Å². The van der Waals surface area contributed by atoms with Crippen LogP contribution >= 0.6 is 35.6 Å². The Morgan fingerprint density at radius 2 is 1.78 bits per heavy atom. The number of hydrogen-bond acceptors (Lipinski definition) is 4. The van der Waals surface area contributed by atoms with Crippen molar-refractivity contribution in [2.45, 2.75) is 6.04 Å². The first kappa shape index (κ1) is 21.0. The van der Waals surface area contributed by atoms with Crippen molar-refractivity contribution >= 4 is 47.2 Å². The van der Waals surface area contributed by atoms with Crippen molar-refractivity contribution in [2.75, 3.05) is 77.4 Å². The highest BCUT2D eigenvalue weighted by molar-refractivity contribution is 14.0. The fourth-order valence-electron chi connectivity index (χ4n) is 4.33. The van der Waals surface area contributed by atoms with Crippen molar-refractivity contribution < 1.29 is 0 Å². The summed E-state index contributed by atoms with van der Waals surface area (Å²) in [6.07, 6.45) is 0. The molecule has 1 aromatic carbocycles. The van der Waals surface area contributed by atoms with Gasteiger partial charge in [-0.1, -0.05) is 23.7 Å². The Bertz CT molecular complexity index is 641. The highest BCUT2D eigenvalue weighted by atomic mass is 127. The zero-order valence-electron chi connectivity index (χ0n) is 16.0. The van der Waals surface area contributed by atoms with Crippen LogP contribution in [0, 0.1) is 0 Å². The van der Waals surface area contributed by atoms with Gasteiger partial charge in [0.05, 0.1) is 10.7 Å². The Hall–Kier alpha value is -0.770. The highest BCUT2D eigenvalue weighted by Crippen LogP contribution is 2.26. The summed E-state index contributed by atoms with van der Waals surface area (Å²) in [7, 11) is 1.89. The first-order chi connectivity index (χ1) is 12.7. The fraction of sp³-hybridized carbons (Fsp3) is 0.632. The molecule has 150 valence electrons. The second-order valence-corrected chi connectivity index (χ2v) is 7.75. The van der Waals surface area contributed by atoms with Crippen molar-refractivity contribution in [3.8, 4) is 0 Å². The maximum absolute atomic E-state index is 6.35. The number of piperazine rings is 4. The van der Waals surface area contributed by atoms with E-state index in [1.807, 2.05) is 19.2 Å². The molecule has 0 radical (unpaired) electrons. The molecule has 1 unspecified atom stereocenters. The number of benzene rings is 1. The second-order valence-electron chi connectivity index (χ2n) is 7.34. The predicted molar refractivity (Wildman–Crippen MR) is 124 cm³/mol. The Morgan fingerprint density at radius 3 is 2.37 bits per heavy atom. The van der Waals surface area contributed by atoms with Crippen LogP contribution in [0.25, 0.3) is 0 Å². The Morgan fingerprint density at radius 1 is 1.07 bits per heavy atom. The maximum atomic E-state index is 6.35. The summed E-state index contributed by atoms with van der Waals surface area (Å²) >= 11 is 6.35. The number of rotatable bonds is 3. The van der Waals surface area contributed by atoms with Gasteiger partial charge in [-0.05, 0) is 12.1 Å². The van der Waals surface area contributed by atoms with Gasteiger partial charge in [0.1, 0.15) is 0 Å². The zero-order chi connectivity index (χ0) is 17.9. The van der Waals surface area contributed by atoms with Crippen LogP contribution in [0.15, 0.2) is 29.3 Å². The molecule has 0 aliphatic carbocycles. The van der Waals surface area contributed by atoms with Crippen LogP contribution < -0.4 is 10.2 Å². The van der Waals surface area contributed by atoms with Crippen molar-refractivity contribution in [3.63, 3.8) is 0 Å².